The molecule has 0 saturated heterocycles. The van der Waals surface area contributed by atoms with Crippen molar-refractivity contribution < 1.29 is 0 Å². The fourth-order valence-corrected chi connectivity index (χ4v) is 1.29. The number of fused-ring (bicyclic) bond motifs is 1. The number of aryl methyl sites for hydroxylation is 1. The van der Waals surface area contributed by atoms with E-state index in [0.717, 1.165) is 7.28 Å². The van der Waals surface area contributed by atoms with Gasteiger partial charge in [0.15, 0.2) is 0 Å². The molecule has 1 aromatic heterocycles. The fourth-order valence-electron chi connectivity index (χ4n) is 1.29. The first-order valence-electron chi connectivity index (χ1n) is 3.21. The van der Waals surface area contributed by atoms with Crippen molar-refractivity contribution in [3.05, 3.63) is 23.3 Å². The Bertz CT molecular complexity index is 260. The first-order valence-corrected chi connectivity index (χ1v) is 3.21. The lowest BCUT2D eigenvalue weighted by molar-refractivity contribution is 1.29. The second-order valence-electron chi connectivity index (χ2n) is 2.49. The lowest BCUT2D eigenvalue weighted by atomic mass is 9.78. The van der Waals surface area contributed by atoms with Gasteiger partial charge in [-0.2, -0.15) is 0 Å². The number of nitrogens with one attached hydrogen (secondary N) is 1. The van der Waals surface area contributed by atoms with Crippen LogP contribution in [0.4, 0.5) is 0 Å². The zero-order valence-electron chi connectivity index (χ0n) is 5.44. The van der Waals surface area contributed by atoms with Crippen LogP contribution in [0.2, 0.25) is 0 Å². The van der Waals surface area contributed by atoms with Gasteiger partial charge in [0.2, 0.25) is 7.28 Å². The molecule has 44 valence electrons. The zero-order valence-corrected chi connectivity index (χ0v) is 5.44. The second kappa shape index (κ2) is 1.53. The van der Waals surface area contributed by atoms with Gasteiger partial charge in [0.05, 0.1) is 0 Å². The molecule has 0 aliphatic carbocycles. The summed E-state index contributed by atoms with van der Waals surface area (Å²) in [5.41, 5.74) is 4.00. The van der Waals surface area contributed by atoms with E-state index in [1.165, 1.54) is 16.9 Å². The van der Waals surface area contributed by atoms with Gasteiger partial charge in [0.25, 0.3) is 0 Å². The lowest BCUT2D eigenvalue weighted by Crippen LogP contribution is -2.11. The van der Waals surface area contributed by atoms with Crippen LogP contribution in [0.25, 0.3) is 6.08 Å². The maximum atomic E-state index is 3.29. The van der Waals surface area contributed by atoms with Crippen molar-refractivity contribution in [2.75, 3.05) is 0 Å². The van der Waals surface area contributed by atoms with Crippen LogP contribution in [0.5, 0.6) is 0 Å². The van der Waals surface area contributed by atoms with Gasteiger partial charge in [-0.1, -0.05) is 6.08 Å². The van der Waals surface area contributed by atoms with Crippen LogP contribution >= 0.6 is 0 Å². The van der Waals surface area contributed by atoms with E-state index in [0.29, 0.717) is 0 Å². The number of H-pyrrole nitrogens is 1. The Hall–Kier alpha value is -0.915. The molecule has 0 spiro atoms. The van der Waals surface area contributed by atoms with E-state index in [-0.39, 0.29) is 0 Å². The zero-order chi connectivity index (χ0) is 6.27. The largest absolute Gasteiger partial charge is 0.370 e. The molecule has 1 nitrogen and oxygen atoms in total. The standard InChI is InChI=1S/C7H8BN/c1-5-4-6-2-3-8-7(6)9-5/h2-4,8-9H,1H3. The van der Waals surface area contributed by atoms with Gasteiger partial charge >= 0.3 is 0 Å². The highest BCUT2D eigenvalue weighted by Gasteiger charge is 2.06. The van der Waals surface area contributed by atoms with E-state index in [2.05, 4.69) is 30.0 Å². The summed E-state index contributed by atoms with van der Waals surface area (Å²) < 4.78 is 0. The van der Waals surface area contributed by atoms with Crippen LogP contribution < -0.4 is 5.59 Å². The Morgan fingerprint density at radius 3 is 3.22 bits per heavy atom. The van der Waals surface area contributed by atoms with Gasteiger partial charge in [0.1, 0.15) is 0 Å². The molecule has 0 amide bonds. The number of aromatic amines is 1. The van der Waals surface area contributed by atoms with Crippen LogP contribution in [0.3, 0.4) is 0 Å². The molecule has 0 aromatic carbocycles. The highest BCUT2D eigenvalue weighted by atomic mass is 14.7. The molecular formula is C7H8BN. The molecule has 2 heteroatoms. The molecule has 0 fully saturated rings. The van der Waals surface area contributed by atoms with Gasteiger partial charge in [-0.05, 0) is 24.1 Å². The summed E-state index contributed by atoms with van der Waals surface area (Å²) in [5, 5.41) is 0. The third-order valence-electron chi connectivity index (χ3n) is 1.69. The summed E-state index contributed by atoms with van der Waals surface area (Å²) in [5.74, 6) is 2.18. The third-order valence-corrected chi connectivity index (χ3v) is 1.69. The van der Waals surface area contributed by atoms with E-state index in [9.17, 15) is 0 Å². The molecule has 1 aromatic rings. The van der Waals surface area contributed by atoms with Crippen LogP contribution in [0, 0.1) is 6.92 Å². The van der Waals surface area contributed by atoms with Crippen molar-refractivity contribution in [2.45, 2.75) is 6.92 Å². The summed E-state index contributed by atoms with van der Waals surface area (Å²) >= 11 is 0. The van der Waals surface area contributed by atoms with E-state index in [1.54, 1.807) is 0 Å². The molecular weight excluding hydrogens is 109 g/mol. The monoisotopic (exact) mass is 117 g/mol. The van der Waals surface area contributed by atoms with Crippen LogP contribution in [0.15, 0.2) is 12.0 Å². The van der Waals surface area contributed by atoms with Gasteiger partial charge < -0.3 is 4.98 Å². The summed E-state index contributed by atoms with van der Waals surface area (Å²) in [6, 6.07) is 2.18. The summed E-state index contributed by atoms with van der Waals surface area (Å²) in [6.45, 7) is 2.09. The maximum absolute atomic E-state index is 3.29. The normalized spacial score (nSPS) is 13.4. The van der Waals surface area contributed by atoms with Gasteiger partial charge in [-0.25, -0.2) is 0 Å². The third kappa shape index (κ3) is 0.628. The predicted octanol–water partition coefficient (Wildman–Crippen LogP) is 0.369. The second-order valence-corrected chi connectivity index (χ2v) is 2.49. The summed E-state index contributed by atoms with van der Waals surface area (Å²) in [7, 11) is 1.09. The van der Waals surface area contributed by atoms with Crippen LogP contribution in [0.1, 0.15) is 11.3 Å². The first kappa shape index (κ1) is 4.92. The first-order chi connectivity index (χ1) is 4.36. The number of hydrogen-bond donors (Lipinski definition) is 1. The van der Waals surface area contributed by atoms with E-state index < -0.39 is 0 Å². The minimum atomic E-state index is 1.09. The molecule has 2 rings (SSSR count). The van der Waals surface area contributed by atoms with E-state index in [4.69, 9.17) is 0 Å². The molecule has 1 aliphatic heterocycles. The SMILES string of the molecule is Cc1cc2c([nH]1)BC=C2. The number of aromatic nitrogens is 1. The van der Waals surface area contributed by atoms with Gasteiger partial charge in [-0.3, -0.25) is 0 Å². The molecule has 1 N–H and O–H groups in total. The van der Waals surface area contributed by atoms with Crippen molar-refractivity contribution in [1.82, 2.24) is 4.98 Å². The van der Waals surface area contributed by atoms with Gasteiger partial charge in [-0.15, -0.1) is 5.98 Å². The molecule has 0 radical (unpaired) electrons. The van der Waals surface area contributed by atoms with Crippen LogP contribution in [-0.4, -0.2) is 12.3 Å². The summed E-state index contributed by atoms with van der Waals surface area (Å²) in [6.07, 6.45) is 2.17. The maximum Gasteiger partial charge on any atom is 0.205 e. The lowest BCUT2D eigenvalue weighted by Gasteiger charge is -1.82. The van der Waals surface area contributed by atoms with Crippen molar-refractivity contribution in [1.29, 1.82) is 0 Å². The number of rotatable bonds is 0. The Labute approximate surface area is 55.0 Å². The molecule has 0 saturated carbocycles. The molecule has 1 aliphatic rings. The topological polar surface area (TPSA) is 15.8 Å². The summed E-state index contributed by atoms with van der Waals surface area (Å²) in [4.78, 5) is 3.29. The minimum absolute atomic E-state index is 1.09. The molecule has 2 heterocycles. The molecule has 0 atom stereocenters. The van der Waals surface area contributed by atoms with Crippen molar-refractivity contribution in [3.8, 4) is 0 Å². The Morgan fingerprint density at radius 1 is 1.56 bits per heavy atom. The van der Waals surface area contributed by atoms with Crippen molar-refractivity contribution >= 4 is 18.9 Å². The average molecular weight is 117 g/mol. The van der Waals surface area contributed by atoms with Crippen LogP contribution in [-0.2, 0) is 0 Å². The smallest absolute Gasteiger partial charge is 0.205 e. The fraction of sp³-hybridized carbons (Fsp3) is 0.143. The Morgan fingerprint density at radius 2 is 2.44 bits per heavy atom. The molecule has 0 unspecified atom stereocenters. The molecule has 0 bridgehead atoms. The van der Waals surface area contributed by atoms with E-state index in [1.807, 2.05) is 0 Å². The van der Waals surface area contributed by atoms with E-state index >= 15 is 0 Å². The van der Waals surface area contributed by atoms with Crippen molar-refractivity contribution in [2.24, 2.45) is 0 Å². The average Bonchev–Trinajstić information content (AvgIpc) is 2.22. The number of hydrogen-bond acceptors (Lipinski definition) is 0. The Kier molecular flexibility index (Phi) is 0.837. The minimum Gasteiger partial charge on any atom is -0.370 e. The highest BCUT2D eigenvalue weighted by molar-refractivity contribution is 6.61. The molecule has 9 heavy (non-hydrogen) atoms. The Balaban J connectivity index is 2.61. The highest BCUT2D eigenvalue weighted by Crippen LogP contribution is 2.05. The predicted molar refractivity (Wildman–Crippen MR) is 41.3 cm³/mol. The van der Waals surface area contributed by atoms with Gasteiger partial charge in [0, 0.05) is 5.69 Å². The quantitative estimate of drug-likeness (QED) is 0.472. The van der Waals surface area contributed by atoms with Crippen molar-refractivity contribution in [3.63, 3.8) is 0 Å².